The fourth-order valence-corrected chi connectivity index (χ4v) is 3.88. The van der Waals surface area contributed by atoms with E-state index in [-0.39, 0.29) is 17.4 Å². The van der Waals surface area contributed by atoms with Crippen molar-refractivity contribution in [2.75, 3.05) is 18.0 Å². The molecule has 0 spiro atoms. The van der Waals surface area contributed by atoms with Crippen LogP contribution in [0.25, 0.3) is 0 Å². The van der Waals surface area contributed by atoms with Crippen molar-refractivity contribution in [3.05, 3.63) is 22.6 Å². The Hall–Kier alpha value is -1.85. The fourth-order valence-electron chi connectivity index (χ4n) is 3.88. The van der Waals surface area contributed by atoms with Gasteiger partial charge in [0.2, 0.25) is 5.91 Å². The van der Waals surface area contributed by atoms with E-state index in [1.165, 1.54) is 25.7 Å². The maximum Gasteiger partial charge on any atom is 0.268 e. The Morgan fingerprint density at radius 1 is 1.21 bits per heavy atom. The van der Waals surface area contributed by atoms with Gasteiger partial charge in [-0.15, -0.1) is 0 Å². The van der Waals surface area contributed by atoms with Crippen LogP contribution in [0.3, 0.4) is 0 Å². The summed E-state index contributed by atoms with van der Waals surface area (Å²) in [5, 5.41) is 7.51. The third-order valence-corrected chi connectivity index (χ3v) is 5.61. The van der Waals surface area contributed by atoms with E-state index in [2.05, 4.69) is 15.3 Å². The number of hydrogen-bond donors (Lipinski definition) is 1. The van der Waals surface area contributed by atoms with Crippen molar-refractivity contribution < 1.29 is 4.79 Å². The monoisotopic (exact) mass is 330 g/mol. The van der Waals surface area contributed by atoms with Gasteiger partial charge in [0.05, 0.1) is 17.8 Å². The summed E-state index contributed by atoms with van der Waals surface area (Å²) in [6.45, 7) is 2.24. The van der Waals surface area contributed by atoms with Crippen LogP contribution < -0.4 is 15.8 Å². The van der Waals surface area contributed by atoms with Gasteiger partial charge in [-0.3, -0.25) is 9.59 Å². The predicted molar refractivity (Wildman–Crippen MR) is 91.9 cm³/mol. The topological polar surface area (TPSA) is 67.2 Å². The van der Waals surface area contributed by atoms with Crippen LogP contribution in [0.5, 0.6) is 0 Å². The molecule has 0 aromatic carbocycles. The van der Waals surface area contributed by atoms with Gasteiger partial charge in [0.1, 0.15) is 0 Å². The zero-order valence-corrected chi connectivity index (χ0v) is 14.1. The molecule has 3 fully saturated rings. The number of amides is 1. The van der Waals surface area contributed by atoms with Gasteiger partial charge in [0.25, 0.3) is 5.56 Å². The zero-order valence-electron chi connectivity index (χ0n) is 14.1. The first-order valence-electron chi connectivity index (χ1n) is 9.31. The highest BCUT2D eigenvalue weighted by Crippen LogP contribution is 2.30. The molecule has 1 aromatic heterocycles. The molecule has 24 heavy (non-hydrogen) atoms. The third kappa shape index (κ3) is 3.47. The highest BCUT2D eigenvalue weighted by molar-refractivity contribution is 5.80. The molecule has 0 radical (unpaired) electrons. The number of carbonyl (C=O) groups is 1. The van der Waals surface area contributed by atoms with Crippen LogP contribution in [-0.2, 0) is 11.3 Å². The van der Waals surface area contributed by atoms with E-state index in [0.717, 1.165) is 38.0 Å². The molecular weight excluding hydrogens is 304 g/mol. The van der Waals surface area contributed by atoms with Crippen molar-refractivity contribution in [2.45, 2.75) is 57.5 Å². The Balaban J connectivity index is 1.36. The van der Waals surface area contributed by atoms with Gasteiger partial charge in [0.15, 0.2) is 0 Å². The minimum atomic E-state index is -0.0294. The molecule has 1 aromatic rings. The van der Waals surface area contributed by atoms with E-state index >= 15 is 0 Å². The lowest BCUT2D eigenvalue weighted by atomic mass is 10.1. The minimum Gasteiger partial charge on any atom is -0.369 e. The second kappa shape index (κ2) is 6.57. The molecule has 0 bridgehead atoms. The van der Waals surface area contributed by atoms with Crippen molar-refractivity contribution in [3.63, 3.8) is 0 Å². The average Bonchev–Trinajstić information content (AvgIpc) is 3.03. The summed E-state index contributed by atoms with van der Waals surface area (Å²) in [4.78, 5) is 26.7. The van der Waals surface area contributed by atoms with Crippen LogP contribution in [0, 0.1) is 11.8 Å². The Labute approximate surface area is 142 Å². The molecule has 6 nitrogen and oxygen atoms in total. The second-order valence-electron chi connectivity index (χ2n) is 7.60. The standard InChI is InChI=1S/C18H26N4O2/c23-17-9-16(10-19-22(17)11-13-5-6-13)21-8-7-14(12-21)18(24)20-15-3-1-2-4-15/h9-10,13-15H,1-8,11-12H2,(H,20,24)/t14-/m0/s1. The summed E-state index contributed by atoms with van der Waals surface area (Å²) in [5.74, 6) is 0.843. The van der Waals surface area contributed by atoms with Crippen molar-refractivity contribution in [3.8, 4) is 0 Å². The molecule has 1 atom stereocenters. The first-order valence-corrected chi connectivity index (χ1v) is 9.31. The van der Waals surface area contributed by atoms with Crippen molar-refractivity contribution in [1.82, 2.24) is 15.1 Å². The summed E-state index contributed by atoms with van der Waals surface area (Å²) < 4.78 is 1.57. The number of rotatable bonds is 5. The second-order valence-corrected chi connectivity index (χ2v) is 7.60. The van der Waals surface area contributed by atoms with Gasteiger partial charge in [-0.2, -0.15) is 5.10 Å². The van der Waals surface area contributed by atoms with Gasteiger partial charge >= 0.3 is 0 Å². The molecule has 1 aliphatic heterocycles. The highest BCUT2D eigenvalue weighted by Gasteiger charge is 2.31. The van der Waals surface area contributed by atoms with Crippen molar-refractivity contribution in [1.29, 1.82) is 0 Å². The predicted octanol–water partition coefficient (Wildman–Crippen LogP) is 1.54. The molecule has 6 heteroatoms. The summed E-state index contributed by atoms with van der Waals surface area (Å²) >= 11 is 0. The SMILES string of the molecule is O=C(NC1CCCC1)[C@H]1CCN(c2cnn(CC3CC3)c(=O)c2)C1. The quantitative estimate of drug-likeness (QED) is 0.889. The maximum atomic E-state index is 12.4. The van der Waals surface area contributed by atoms with E-state index in [1.807, 2.05) is 0 Å². The molecule has 2 aliphatic carbocycles. The molecule has 0 unspecified atom stereocenters. The van der Waals surface area contributed by atoms with Crippen LogP contribution in [0.15, 0.2) is 17.1 Å². The van der Waals surface area contributed by atoms with Crippen LogP contribution in [0.4, 0.5) is 5.69 Å². The largest absolute Gasteiger partial charge is 0.369 e. The van der Waals surface area contributed by atoms with Gasteiger partial charge < -0.3 is 10.2 Å². The van der Waals surface area contributed by atoms with E-state index in [1.54, 1.807) is 16.9 Å². The van der Waals surface area contributed by atoms with Crippen LogP contribution in [-0.4, -0.2) is 34.8 Å². The Bertz CT molecular complexity index is 661. The number of carbonyl (C=O) groups excluding carboxylic acids is 1. The van der Waals surface area contributed by atoms with Gasteiger partial charge in [-0.05, 0) is 38.0 Å². The van der Waals surface area contributed by atoms with Crippen molar-refractivity contribution >= 4 is 11.6 Å². The third-order valence-electron chi connectivity index (χ3n) is 5.61. The lowest BCUT2D eigenvalue weighted by Gasteiger charge is -2.19. The van der Waals surface area contributed by atoms with Gasteiger partial charge in [-0.1, -0.05) is 12.8 Å². The van der Waals surface area contributed by atoms with E-state index in [4.69, 9.17) is 0 Å². The van der Waals surface area contributed by atoms with Crippen LogP contribution in [0.2, 0.25) is 0 Å². The number of aromatic nitrogens is 2. The summed E-state index contributed by atoms with van der Waals surface area (Å²) in [6, 6.07) is 2.05. The van der Waals surface area contributed by atoms with E-state index in [9.17, 15) is 9.59 Å². The molecule has 1 saturated heterocycles. The van der Waals surface area contributed by atoms with E-state index in [0.29, 0.717) is 18.5 Å². The van der Waals surface area contributed by atoms with Crippen LogP contribution in [0.1, 0.15) is 44.9 Å². The lowest BCUT2D eigenvalue weighted by Crippen LogP contribution is -2.38. The highest BCUT2D eigenvalue weighted by atomic mass is 16.2. The summed E-state index contributed by atoms with van der Waals surface area (Å²) in [7, 11) is 0. The smallest absolute Gasteiger partial charge is 0.268 e. The molecule has 3 aliphatic rings. The first-order chi connectivity index (χ1) is 11.7. The molecule has 130 valence electrons. The Morgan fingerprint density at radius 2 is 2.00 bits per heavy atom. The molecular formula is C18H26N4O2. The number of nitrogens with one attached hydrogen (secondary N) is 1. The fraction of sp³-hybridized carbons (Fsp3) is 0.722. The van der Waals surface area contributed by atoms with Crippen molar-refractivity contribution in [2.24, 2.45) is 11.8 Å². The molecule has 1 N–H and O–H groups in total. The average molecular weight is 330 g/mol. The molecule has 2 saturated carbocycles. The molecule has 2 heterocycles. The molecule has 1 amide bonds. The maximum absolute atomic E-state index is 12.4. The zero-order chi connectivity index (χ0) is 16.5. The van der Waals surface area contributed by atoms with Crippen LogP contribution >= 0.6 is 0 Å². The number of nitrogens with zero attached hydrogens (tertiary/aromatic N) is 3. The summed E-state index contributed by atoms with van der Waals surface area (Å²) in [6.07, 6.45) is 9.73. The first kappa shape index (κ1) is 15.7. The minimum absolute atomic E-state index is 0.0273. The molecule has 4 rings (SSSR count). The summed E-state index contributed by atoms with van der Waals surface area (Å²) in [5.41, 5.74) is 0.821. The lowest BCUT2D eigenvalue weighted by molar-refractivity contribution is -0.125. The Kier molecular flexibility index (Phi) is 4.29. The Morgan fingerprint density at radius 3 is 2.71 bits per heavy atom. The number of hydrogen-bond acceptors (Lipinski definition) is 4. The van der Waals surface area contributed by atoms with E-state index < -0.39 is 0 Å². The van der Waals surface area contributed by atoms with Gasteiger partial charge in [-0.25, -0.2) is 4.68 Å². The normalized spacial score (nSPS) is 24.5. The van der Waals surface area contributed by atoms with Gasteiger partial charge in [0, 0.05) is 31.7 Å². The number of anilines is 1.